The van der Waals surface area contributed by atoms with Gasteiger partial charge in [-0.3, -0.25) is 0 Å². The molecule has 3 aromatic rings. The minimum Gasteiger partial charge on any atom is -0.337 e. The first kappa shape index (κ1) is 11.9. The Hall–Kier alpha value is -2.21. The number of halogens is 1. The molecule has 0 N–H and O–H groups in total. The number of benzene rings is 1. The van der Waals surface area contributed by atoms with E-state index in [1.54, 1.807) is 10.9 Å². The van der Waals surface area contributed by atoms with E-state index in [0.717, 1.165) is 5.56 Å². The number of alkyl halides is 1. The van der Waals surface area contributed by atoms with Crippen molar-refractivity contribution in [3.8, 4) is 11.4 Å². The average molecular weight is 276 g/mol. The van der Waals surface area contributed by atoms with Crippen molar-refractivity contribution < 1.29 is 4.52 Å². The number of hydrogen-bond acceptors (Lipinski definition) is 5. The van der Waals surface area contributed by atoms with Crippen molar-refractivity contribution >= 4 is 11.6 Å². The molecule has 0 aliphatic rings. The van der Waals surface area contributed by atoms with Crippen molar-refractivity contribution in [1.29, 1.82) is 0 Å². The van der Waals surface area contributed by atoms with Crippen LogP contribution in [0, 0.1) is 0 Å². The highest BCUT2D eigenvalue weighted by atomic mass is 35.5. The van der Waals surface area contributed by atoms with Gasteiger partial charge in [-0.05, 0) is 0 Å². The Morgan fingerprint density at radius 2 is 2.05 bits per heavy atom. The van der Waals surface area contributed by atoms with Crippen LogP contribution in [0.5, 0.6) is 0 Å². The Bertz CT molecular complexity index is 664. The third kappa shape index (κ3) is 2.63. The van der Waals surface area contributed by atoms with Gasteiger partial charge in [0, 0.05) is 5.56 Å². The lowest BCUT2D eigenvalue weighted by molar-refractivity contribution is 0.364. The molecule has 0 spiro atoms. The zero-order valence-corrected chi connectivity index (χ0v) is 10.7. The third-order valence-electron chi connectivity index (χ3n) is 2.52. The summed E-state index contributed by atoms with van der Waals surface area (Å²) in [5.41, 5.74) is 1.63. The van der Waals surface area contributed by atoms with E-state index < -0.39 is 0 Å². The first-order valence-electron chi connectivity index (χ1n) is 5.68. The van der Waals surface area contributed by atoms with Crippen LogP contribution >= 0.6 is 11.6 Å². The maximum atomic E-state index is 5.66. The van der Waals surface area contributed by atoms with Crippen LogP contribution in [0.15, 0.2) is 41.1 Å². The summed E-state index contributed by atoms with van der Waals surface area (Å²) in [4.78, 5) is 4.31. The molecule has 2 aromatic heterocycles. The Morgan fingerprint density at radius 1 is 1.21 bits per heavy atom. The molecular weight excluding hydrogens is 266 g/mol. The van der Waals surface area contributed by atoms with Gasteiger partial charge in [0.25, 0.3) is 0 Å². The Morgan fingerprint density at radius 3 is 2.79 bits per heavy atom. The molecule has 0 fully saturated rings. The third-order valence-corrected chi connectivity index (χ3v) is 2.79. The second-order valence-corrected chi connectivity index (χ2v) is 4.19. The molecule has 0 aliphatic carbocycles. The molecule has 2 heterocycles. The monoisotopic (exact) mass is 275 g/mol. The van der Waals surface area contributed by atoms with E-state index in [2.05, 4.69) is 20.5 Å². The van der Waals surface area contributed by atoms with Crippen molar-refractivity contribution in [3.05, 3.63) is 48.1 Å². The normalized spacial score (nSPS) is 10.8. The van der Waals surface area contributed by atoms with Gasteiger partial charge < -0.3 is 4.52 Å². The summed E-state index contributed by atoms with van der Waals surface area (Å²) in [6.45, 7) is 0.379. The summed E-state index contributed by atoms with van der Waals surface area (Å²) >= 11 is 5.66. The van der Waals surface area contributed by atoms with Crippen LogP contribution in [0.4, 0.5) is 0 Å². The summed E-state index contributed by atoms with van der Waals surface area (Å²) in [5.74, 6) is 1.37. The second kappa shape index (κ2) is 5.19. The zero-order chi connectivity index (χ0) is 13.1. The van der Waals surface area contributed by atoms with Crippen molar-refractivity contribution in [2.45, 2.75) is 12.4 Å². The lowest BCUT2D eigenvalue weighted by Gasteiger charge is -1.92. The number of aromatic nitrogens is 5. The predicted molar refractivity (Wildman–Crippen MR) is 68.4 cm³/mol. The fraction of sp³-hybridized carbons (Fsp3) is 0.167. The molecule has 1 aromatic carbocycles. The fourth-order valence-electron chi connectivity index (χ4n) is 1.64. The van der Waals surface area contributed by atoms with E-state index in [0.29, 0.717) is 29.8 Å². The Balaban J connectivity index is 1.78. The lowest BCUT2D eigenvalue weighted by atomic mass is 10.2. The van der Waals surface area contributed by atoms with Crippen molar-refractivity contribution in [3.63, 3.8) is 0 Å². The van der Waals surface area contributed by atoms with E-state index in [1.165, 1.54) is 0 Å². The summed E-state index contributed by atoms with van der Waals surface area (Å²) in [6, 6.07) is 9.64. The summed E-state index contributed by atoms with van der Waals surface area (Å²) in [7, 11) is 0. The van der Waals surface area contributed by atoms with Gasteiger partial charge in [0.2, 0.25) is 11.7 Å². The minimum atomic E-state index is 0.332. The van der Waals surface area contributed by atoms with Gasteiger partial charge in [-0.1, -0.05) is 40.7 Å². The molecule has 0 bridgehead atoms. The Kier molecular flexibility index (Phi) is 3.24. The van der Waals surface area contributed by atoms with Gasteiger partial charge in [0.05, 0.1) is 17.8 Å². The van der Waals surface area contributed by atoms with Crippen LogP contribution in [0.25, 0.3) is 11.4 Å². The van der Waals surface area contributed by atoms with Crippen LogP contribution in [-0.4, -0.2) is 25.1 Å². The van der Waals surface area contributed by atoms with E-state index in [1.807, 2.05) is 30.3 Å². The topological polar surface area (TPSA) is 69.6 Å². The highest BCUT2D eigenvalue weighted by Gasteiger charge is 2.09. The first-order chi connectivity index (χ1) is 9.35. The second-order valence-electron chi connectivity index (χ2n) is 3.92. The molecule has 0 aliphatic heterocycles. The largest absolute Gasteiger partial charge is 0.337 e. The SMILES string of the molecule is ClCc1cn(Cc2nc(-c3ccccc3)no2)nn1. The number of nitrogens with zero attached hydrogens (tertiary/aromatic N) is 5. The molecule has 0 amide bonds. The highest BCUT2D eigenvalue weighted by Crippen LogP contribution is 2.15. The van der Waals surface area contributed by atoms with Gasteiger partial charge >= 0.3 is 0 Å². The molecule has 0 unspecified atom stereocenters. The summed E-state index contributed by atoms with van der Waals surface area (Å²) in [5, 5.41) is 11.7. The molecule has 19 heavy (non-hydrogen) atoms. The Labute approximate surface area is 114 Å². The molecule has 0 atom stereocenters. The van der Waals surface area contributed by atoms with E-state index >= 15 is 0 Å². The zero-order valence-electron chi connectivity index (χ0n) is 9.90. The first-order valence-corrected chi connectivity index (χ1v) is 6.21. The maximum Gasteiger partial charge on any atom is 0.248 e. The summed E-state index contributed by atoms with van der Waals surface area (Å²) < 4.78 is 6.79. The smallest absolute Gasteiger partial charge is 0.248 e. The molecule has 0 radical (unpaired) electrons. The molecule has 0 saturated heterocycles. The molecule has 0 saturated carbocycles. The van der Waals surface area contributed by atoms with Crippen LogP contribution in [0.1, 0.15) is 11.6 Å². The van der Waals surface area contributed by atoms with Crippen molar-refractivity contribution in [1.82, 2.24) is 25.1 Å². The lowest BCUT2D eigenvalue weighted by Crippen LogP contribution is -2.00. The van der Waals surface area contributed by atoms with Gasteiger partial charge in [-0.2, -0.15) is 4.98 Å². The van der Waals surface area contributed by atoms with Crippen molar-refractivity contribution in [2.75, 3.05) is 0 Å². The van der Waals surface area contributed by atoms with Gasteiger partial charge in [0.15, 0.2) is 0 Å². The van der Waals surface area contributed by atoms with Crippen LogP contribution in [0.3, 0.4) is 0 Å². The molecule has 3 rings (SSSR count). The molecule has 7 heteroatoms. The van der Waals surface area contributed by atoms with Crippen molar-refractivity contribution in [2.24, 2.45) is 0 Å². The summed E-state index contributed by atoms with van der Waals surface area (Å²) in [6.07, 6.45) is 1.75. The average Bonchev–Trinajstić information content (AvgIpc) is 3.09. The molecular formula is C12H10ClN5O. The van der Waals surface area contributed by atoms with E-state index in [4.69, 9.17) is 16.1 Å². The van der Waals surface area contributed by atoms with Gasteiger partial charge in [0.1, 0.15) is 6.54 Å². The predicted octanol–water partition coefficient (Wildman–Crippen LogP) is 2.12. The highest BCUT2D eigenvalue weighted by molar-refractivity contribution is 6.16. The fourth-order valence-corrected chi connectivity index (χ4v) is 1.76. The maximum absolute atomic E-state index is 5.66. The van der Waals surface area contributed by atoms with Crippen LogP contribution < -0.4 is 0 Å². The molecule has 6 nitrogen and oxygen atoms in total. The molecule has 96 valence electrons. The number of hydrogen-bond donors (Lipinski definition) is 0. The standard InChI is InChI=1S/C12H10ClN5O/c13-6-10-7-18(17-15-10)8-11-14-12(16-19-11)9-4-2-1-3-5-9/h1-5,7H,6,8H2. The minimum absolute atomic E-state index is 0.332. The van der Waals surface area contributed by atoms with Gasteiger partial charge in [-0.25, -0.2) is 4.68 Å². The number of rotatable bonds is 4. The van der Waals surface area contributed by atoms with Gasteiger partial charge in [-0.15, -0.1) is 16.7 Å². The van der Waals surface area contributed by atoms with Crippen LogP contribution in [0.2, 0.25) is 0 Å². The van der Waals surface area contributed by atoms with Crippen LogP contribution in [-0.2, 0) is 12.4 Å². The van der Waals surface area contributed by atoms with E-state index in [9.17, 15) is 0 Å². The van der Waals surface area contributed by atoms with E-state index in [-0.39, 0.29) is 0 Å². The quantitative estimate of drug-likeness (QED) is 0.682.